The van der Waals surface area contributed by atoms with E-state index in [-0.39, 0.29) is 37.3 Å². The summed E-state index contributed by atoms with van der Waals surface area (Å²) < 4.78 is 45.9. The summed E-state index contributed by atoms with van der Waals surface area (Å²) in [5.41, 5.74) is 7.02. The van der Waals surface area contributed by atoms with Gasteiger partial charge < -0.3 is 35.3 Å². The maximum Gasteiger partial charge on any atom is 0.410 e. The second-order valence-corrected chi connectivity index (χ2v) is 16.0. The van der Waals surface area contributed by atoms with Crippen molar-refractivity contribution in [1.82, 2.24) is 14.5 Å². The van der Waals surface area contributed by atoms with E-state index in [1.165, 1.54) is 10.4 Å². The molecule has 2 aliphatic rings. The summed E-state index contributed by atoms with van der Waals surface area (Å²) in [5.74, 6) is -0.367. The molecule has 0 aromatic heterocycles. The van der Waals surface area contributed by atoms with Gasteiger partial charge in [-0.3, -0.25) is 4.79 Å². The Labute approximate surface area is 284 Å². The lowest BCUT2D eigenvalue weighted by atomic mass is 9.81. The number of rotatable bonds is 11. The Morgan fingerprint density at radius 3 is 2.46 bits per heavy atom. The minimum atomic E-state index is -3.83. The quantitative estimate of drug-likeness (QED) is 0.300. The van der Waals surface area contributed by atoms with Gasteiger partial charge in [0, 0.05) is 38.9 Å². The van der Waals surface area contributed by atoms with E-state index >= 15 is 0 Å². The second-order valence-electron chi connectivity index (χ2n) is 14.1. The van der Waals surface area contributed by atoms with Crippen LogP contribution in [-0.2, 0) is 30.8 Å². The molecule has 1 fully saturated rings. The number of benzene rings is 2. The predicted octanol–water partition coefficient (Wildman–Crippen LogP) is 4.78. The number of ether oxygens (including phenoxy) is 3. The molecule has 264 valence electrons. The number of fused-ring (bicyclic) bond motifs is 1. The number of aryl methyl sites for hydroxylation is 1. The molecule has 1 unspecified atom stereocenters. The van der Waals surface area contributed by atoms with Crippen LogP contribution >= 0.6 is 0 Å². The Kier molecular flexibility index (Phi) is 11.7. The fourth-order valence-corrected chi connectivity index (χ4v) is 7.27. The van der Waals surface area contributed by atoms with Gasteiger partial charge in [0.25, 0.3) is 0 Å². The van der Waals surface area contributed by atoms with Gasteiger partial charge in [0.1, 0.15) is 22.9 Å². The van der Waals surface area contributed by atoms with Crippen LogP contribution in [0.4, 0.5) is 4.79 Å². The molecule has 12 nitrogen and oxygen atoms in total. The van der Waals surface area contributed by atoms with Gasteiger partial charge in [-0.2, -0.15) is 4.31 Å². The average Bonchev–Trinajstić information content (AvgIpc) is 3.13. The molecular formula is C35H50N4O8S. The van der Waals surface area contributed by atoms with Crippen LogP contribution < -0.4 is 15.8 Å². The Morgan fingerprint density at radius 2 is 1.79 bits per heavy atom. The Balaban J connectivity index is 1.41. The minimum Gasteiger partial charge on any atom is -0.491 e. The number of nitrogens with one attached hydrogen (secondary N) is 1. The first-order valence-corrected chi connectivity index (χ1v) is 17.8. The van der Waals surface area contributed by atoms with Crippen LogP contribution in [0.5, 0.6) is 5.75 Å². The van der Waals surface area contributed by atoms with Crippen LogP contribution in [0.2, 0.25) is 0 Å². The lowest BCUT2D eigenvalue weighted by Gasteiger charge is -2.33. The fraction of sp³-hybridized carbons (Fsp3) is 0.543. The number of carboxylic acid groups (broad SMARTS) is 1. The van der Waals surface area contributed by atoms with Crippen molar-refractivity contribution < 1.29 is 37.3 Å². The van der Waals surface area contributed by atoms with Crippen LogP contribution in [0, 0.1) is 18.3 Å². The summed E-state index contributed by atoms with van der Waals surface area (Å²) in [6.45, 7) is 13.0. The summed E-state index contributed by atoms with van der Waals surface area (Å²) in [6.07, 6.45) is 2.17. The van der Waals surface area contributed by atoms with E-state index < -0.39 is 33.1 Å². The van der Waals surface area contributed by atoms with Crippen LogP contribution in [0.3, 0.4) is 0 Å². The number of carbonyl (C=O) groups is 2. The molecule has 0 radical (unpaired) electrons. The van der Waals surface area contributed by atoms with E-state index in [4.69, 9.17) is 19.9 Å². The summed E-state index contributed by atoms with van der Waals surface area (Å²) >= 11 is 0. The van der Waals surface area contributed by atoms with E-state index in [1.807, 2.05) is 45.9 Å². The first-order valence-electron chi connectivity index (χ1n) is 16.3. The Hall–Kier alpha value is -3.81. The predicted molar refractivity (Wildman–Crippen MR) is 182 cm³/mol. The zero-order valence-electron chi connectivity index (χ0n) is 28.8. The summed E-state index contributed by atoms with van der Waals surface area (Å²) in [5, 5.41) is 13.4. The molecule has 2 heterocycles. The van der Waals surface area contributed by atoms with Crippen molar-refractivity contribution in [1.29, 1.82) is 0 Å². The highest BCUT2D eigenvalue weighted by molar-refractivity contribution is 7.89. The number of amides is 1. The number of likely N-dealkylation sites (tertiary alicyclic amines) is 1. The first-order chi connectivity index (χ1) is 22.5. The number of aliphatic carboxylic acids is 1. The topological polar surface area (TPSA) is 161 Å². The molecule has 1 atom stereocenters. The smallest absolute Gasteiger partial charge is 0.410 e. The zero-order chi connectivity index (χ0) is 35.3. The molecule has 13 heteroatoms. The number of hydrogen-bond acceptors (Lipinski definition) is 9. The highest BCUT2D eigenvalue weighted by Crippen LogP contribution is 2.38. The molecule has 4 N–H and O–H groups in total. The van der Waals surface area contributed by atoms with Crippen molar-refractivity contribution in [3.63, 3.8) is 0 Å². The molecule has 48 heavy (non-hydrogen) atoms. The molecule has 2 aromatic carbocycles. The van der Waals surface area contributed by atoms with Gasteiger partial charge in [0.15, 0.2) is 0 Å². The number of hydrogen-bond donors (Lipinski definition) is 3. The zero-order valence-corrected chi connectivity index (χ0v) is 29.6. The largest absolute Gasteiger partial charge is 0.491 e. The van der Waals surface area contributed by atoms with E-state index in [0.717, 1.165) is 24.0 Å². The lowest BCUT2D eigenvalue weighted by Crippen LogP contribution is -2.43. The van der Waals surface area contributed by atoms with Crippen molar-refractivity contribution in [3.8, 4) is 5.75 Å². The number of piperidine rings is 1. The normalized spacial score (nSPS) is 18.3. The third kappa shape index (κ3) is 9.20. The molecule has 1 saturated heterocycles. The van der Waals surface area contributed by atoms with E-state index in [2.05, 4.69) is 5.32 Å². The third-order valence-corrected chi connectivity index (χ3v) is 10.6. The summed E-state index contributed by atoms with van der Waals surface area (Å²) in [4.78, 5) is 26.6. The first kappa shape index (κ1) is 37.0. The number of carbonyl (C=O) groups excluding carboxylic acids is 1. The highest BCUT2D eigenvalue weighted by atomic mass is 32.2. The number of sulfonamides is 1. The third-order valence-electron chi connectivity index (χ3n) is 8.67. The maximum absolute atomic E-state index is 13.6. The molecule has 0 aliphatic carbocycles. The van der Waals surface area contributed by atoms with E-state index in [1.54, 1.807) is 43.1 Å². The molecule has 2 aliphatic heterocycles. The van der Waals surface area contributed by atoms with Crippen molar-refractivity contribution in [2.24, 2.45) is 17.1 Å². The summed E-state index contributed by atoms with van der Waals surface area (Å²) in [7, 11) is -3.83. The molecule has 2 aromatic rings. The number of nitrogens with two attached hydrogens (primary N) is 1. The fourth-order valence-electron chi connectivity index (χ4n) is 5.74. The van der Waals surface area contributed by atoms with Crippen LogP contribution in [-0.4, -0.2) is 79.8 Å². The molecule has 0 bridgehead atoms. The van der Waals surface area contributed by atoms with E-state index in [9.17, 15) is 23.1 Å². The van der Waals surface area contributed by atoms with Gasteiger partial charge in [-0.1, -0.05) is 30.3 Å². The minimum absolute atomic E-state index is 0.0245. The van der Waals surface area contributed by atoms with Gasteiger partial charge in [0.2, 0.25) is 10.0 Å². The monoisotopic (exact) mass is 686 g/mol. The molecular weight excluding hydrogens is 636 g/mol. The van der Waals surface area contributed by atoms with Crippen molar-refractivity contribution >= 4 is 22.1 Å². The molecule has 4 rings (SSSR count). The highest BCUT2D eigenvalue weighted by Gasteiger charge is 2.39. The number of nitrogens with zero attached hydrogens (tertiary/aromatic N) is 2. The maximum atomic E-state index is 13.6. The van der Waals surface area contributed by atoms with Crippen molar-refractivity contribution in [2.45, 2.75) is 77.5 Å². The lowest BCUT2D eigenvalue weighted by molar-refractivity contribution is -0.156. The van der Waals surface area contributed by atoms with E-state index in [0.29, 0.717) is 42.6 Å². The van der Waals surface area contributed by atoms with Crippen molar-refractivity contribution in [2.75, 3.05) is 39.4 Å². The molecule has 0 saturated carbocycles. The van der Waals surface area contributed by atoms with Crippen LogP contribution in [0.1, 0.15) is 70.3 Å². The van der Waals surface area contributed by atoms with Gasteiger partial charge in [-0.05, 0) is 89.1 Å². The molecule has 1 amide bonds. The molecule has 0 spiro atoms. The Bertz CT molecular complexity index is 1590. The summed E-state index contributed by atoms with van der Waals surface area (Å²) in [6, 6.07) is 12.1. The van der Waals surface area contributed by atoms with Crippen LogP contribution in [0.25, 0.3) is 0 Å². The standard InChI is InChI=1S/C35H50N4O8S/c1-24-11-12-26(19-27(24)22-39-17-18-45-29-9-7-8-10-30(29)48(39,43)44)31(35(5,6)32(40)41)46-23-28(36)21-37-20-25-13-15-38(16-14-25)33(42)47-34(2,3)4/h7-12,19,21,25,31,37H,13-18,20,22-23,36H2,1-6H3,(H,40,41)/b28-21-. The second kappa shape index (κ2) is 15.2. The SMILES string of the molecule is Cc1ccc(C(OC/C(N)=C/NCC2CCN(C(=O)OC(C)(C)C)CC2)C(C)(C)C(=O)O)cc1CN1CCOc2ccccc2S1(=O)=O. The van der Waals surface area contributed by atoms with Gasteiger partial charge >= 0.3 is 12.1 Å². The van der Waals surface area contributed by atoms with Crippen molar-refractivity contribution in [3.05, 3.63) is 71.1 Å². The van der Waals surface area contributed by atoms with Gasteiger partial charge in [0.05, 0.1) is 23.8 Å². The Morgan fingerprint density at radius 1 is 1.10 bits per heavy atom. The number of para-hydroxylation sites is 1. The average molecular weight is 687 g/mol. The van der Waals surface area contributed by atoms with Gasteiger partial charge in [-0.25, -0.2) is 13.2 Å². The number of carboxylic acids is 1. The van der Waals surface area contributed by atoms with Crippen LogP contribution in [0.15, 0.2) is 59.3 Å². The van der Waals surface area contributed by atoms with Gasteiger partial charge in [-0.15, -0.1) is 0 Å².